The van der Waals surface area contributed by atoms with Gasteiger partial charge < -0.3 is 5.32 Å². The van der Waals surface area contributed by atoms with Crippen LogP contribution in [-0.4, -0.2) is 31.1 Å². The smallest absolute Gasteiger partial charge is 0.246 e. The fraction of sp³-hybridized carbons (Fsp3) is 0.235. The fourth-order valence-electron chi connectivity index (χ4n) is 2.14. The lowest BCUT2D eigenvalue weighted by Crippen LogP contribution is -2.31. The average Bonchev–Trinajstić information content (AvgIpc) is 3.11. The zero-order valence-corrected chi connectivity index (χ0v) is 13.5. The molecule has 0 bridgehead atoms. The predicted octanol–water partition coefficient (Wildman–Crippen LogP) is 1.92. The molecule has 1 aromatic carbocycles. The summed E-state index contributed by atoms with van der Waals surface area (Å²) in [7, 11) is 0. The number of hydrogen-bond donors (Lipinski definition) is 1. The van der Waals surface area contributed by atoms with Crippen molar-refractivity contribution in [1.82, 2.24) is 30.5 Å². The third kappa shape index (κ3) is 3.62. The van der Waals surface area contributed by atoms with Gasteiger partial charge in [-0.3, -0.25) is 9.78 Å². The lowest BCUT2D eigenvalue weighted by molar-refractivity contribution is -0.124. The van der Waals surface area contributed by atoms with Crippen LogP contribution >= 0.6 is 0 Å². The number of carbonyl (C=O) groups excluding carboxylic acids is 1. The monoisotopic (exact) mass is 322 g/mol. The maximum Gasteiger partial charge on any atom is 0.246 e. The molecule has 1 atom stereocenters. The molecule has 0 spiro atoms. The number of nitrogens with one attached hydrogen (secondary N) is 1. The molecule has 2 aromatic heterocycles. The summed E-state index contributed by atoms with van der Waals surface area (Å²) in [6, 6.07) is 12.8. The van der Waals surface area contributed by atoms with Crippen molar-refractivity contribution >= 4 is 5.91 Å². The molecule has 7 heteroatoms. The Kier molecular flexibility index (Phi) is 4.60. The summed E-state index contributed by atoms with van der Waals surface area (Å²) in [5.41, 5.74) is 2.75. The Morgan fingerprint density at radius 2 is 2.00 bits per heavy atom. The van der Waals surface area contributed by atoms with Gasteiger partial charge in [0, 0.05) is 24.0 Å². The molecule has 0 aliphatic carbocycles. The zero-order chi connectivity index (χ0) is 16.9. The number of pyridine rings is 1. The Bertz CT molecular complexity index is 813. The molecule has 3 rings (SSSR count). The highest BCUT2D eigenvalue weighted by Gasteiger charge is 2.18. The van der Waals surface area contributed by atoms with Gasteiger partial charge in [-0.25, -0.2) is 0 Å². The van der Waals surface area contributed by atoms with E-state index in [1.165, 1.54) is 4.80 Å². The molecule has 1 amide bonds. The molecular formula is C17H18N6O. The molecule has 0 radical (unpaired) electrons. The van der Waals surface area contributed by atoms with Crippen LogP contribution < -0.4 is 5.32 Å². The third-order valence-electron chi connectivity index (χ3n) is 3.63. The number of benzene rings is 1. The largest absolute Gasteiger partial charge is 0.350 e. The molecule has 122 valence electrons. The van der Waals surface area contributed by atoms with E-state index in [9.17, 15) is 4.79 Å². The van der Waals surface area contributed by atoms with Gasteiger partial charge >= 0.3 is 0 Å². The molecule has 7 nitrogen and oxygen atoms in total. The van der Waals surface area contributed by atoms with Crippen molar-refractivity contribution in [2.24, 2.45) is 0 Å². The van der Waals surface area contributed by atoms with Crippen LogP contribution in [0.4, 0.5) is 0 Å². The van der Waals surface area contributed by atoms with Crippen LogP contribution in [-0.2, 0) is 11.3 Å². The van der Waals surface area contributed by atoms with Gasteiger partial charge in [-0.15, -0.1) is 10.2 Å². The lowest BCUT2D eigenvalue weighted by atomic mass is 10.2. The first kappa shape index (κ1) is 15.8. The number of aryl methyl sites for hydroxylation is 1. The maximum atomic E-state index is 12.3. The SMILES string of the molecule is Cc1ccc(CNC(=O)C(C)n2nnc(-c3ccccc3)n2)cn1. The van der Waals surface area contributed by atoms with E-state index >= 15 is 0 Å². The van der Waals surface area contributed by atoms with E-state index in [-0.39, 0.29) is 5.91 Å². The van der Waals surface area contributed by atoms with Crippen LogP contribution in [0.3, 0.4) is 0 Å². The van der Waals surface area contributed by atoms with Crippen molar-refractivity contribution in [3.63, 3.8) is 0 Å². The topological polar surface area (TPSA) is 85.6 Å². The van der Waals surface area contributed by atoms with Crippen molar-refractivity contribution in [2.45, 2.75) is 26.4 Å². The van der Waals surface area contributed by atoms with Crippen LogP contribution in [0.1, 0.15) is 24.2 Å². The van der Waals surface area contributed by atoms with Crippen molar-refractivity contribution < 1.29 is 4.79 Å². The highest BCUT2D eigenvalue weighted by molar-refractivity contribution is 5.79. The molecule has 0 aliphatic heterocycles. The number of nitrogens with zero attached hydrogens (tertiary/aromatic N) is 5. The molecule has 0 saturated carbocycles. The Hall–Kier alpha value is -3.09. The van der Waals surface area contributed by atoms with E-state index < -0.39 is 6.04 Å². The van der Waals surface area contributed by atoms with Crippen LogP contribution in [0.5, 0.6) is 0 Å². The summed E-state index contributed by atoms with van der Waals surface area (Å²) in [5.74, 6) is 0.325. The predicted molar refractivity (Wildman–Crippen MR) is 88.8 cm³/mol. The minimum Gasteiger partial charge on any atom is -0.350 e. The third-order valence-corrected chi connectivity index (χ3v) is 3.63. The highest BCUT2D eigenvalue weighted by atomic mass is 16.2. The molecule has 1 N–H and O–H groups in total. The van der Waals surface area contributed by atoms with Gasteiger partial charge in [-0.2, -0.15) is 4.80 Å². The normalized spacial score (nSPS) is 11.9. The van der Waals surface area contributed by atoms with E-state index in [2.05, 4.69) is 25.7 Å². The number of aromatic nitrogens is 5. The lowest BCUT2D eigenvalue weighted by Gasteiger charge is -2.10. The minimum atomic E-state index is -0.548. The Morgan fingerprint density at radius 3 is 2.71 bits per heavy atom. The molecule has 24 heavy (non-hydrogen) atoms. The van der Waals surface area contributed by atoms with Crippen molar-refractivity contribution in [2.75, 3.05) is 0 Å². The number of carbonyl (C=O) groups is 1. The molecule has 0 saturated heterocycles. The summed E-state index contributed by atoms with van der Waals surface area (Å²) >= 11 is 0. The second-order valence-corrected chi connectivity index (χ2v) is 5.50. The van der Waals surface area contributed by atoms with E-state index in [1.807, 2.05) is 49.4 Å². The second-order valence-electron chi connectivity index (χ2n) is 5.50. The van der Waals surface area contributed by atoms with Gasteiger partial charge in [-0.05, 0) is 30.7 Å². The number of amides is 1. The Balaban J connectivity index is 1.63. The molecule has 0 aliphatic rings. The van der Waals surface area contributed by atoms with Crippen LogP contribution in [0, 0.1) is 6.92 Å². The van der Waals surface area contributed by atoms with Crippen molar-refractivity contribution in [1.29, 1.82) is 0 Å². The van der Waals surface area contributed by atoms with Crippen LogP contribution in [0.2, 0.25) is 0 Å². The van der Waals surface area contributed by atoms with Gasteiger partial charge in [-0.1, -0.05) is 36.4 Å². The van der Waals surface area contributed by atoms with Gasteiger partial charge in [0.25, 0.3) is 0 Å². The van der Waals surface area contributed by atoms with E-state index in [0.29, 0.717) is 12.4 Å². The van der Waals surface area contributed by atoms with Gasteiger partial charge in [0.15, 0.2) is 0 Å². The molecular weight excluding hydrogens is 304 g/mol. The van der Waals surface area contributed by atoms with E-state index in [4.69, 9.17) is 0 Å². The number of rotatable bonds is 5. The summed E-state index contributed by atoms with van der Waals surface area (Å²) in [5, 5.41) is 15.1. The number of tetrazole rings is 1. The highest BCUT2D eigenvalue weighted by Crippen LogP contribution is 2.13. The zero-order valence-electron chi connectivity index (χ0n) is 13.5. The quantitative estimate of drug-likeness (QED) is 0.775. The summed E-state index contributed by atoms with van der Waals surface area (Å²) < 4.78 is 0. The van der Waals surface area contributed by atoms with E-state index in [1.54, 1.807) is 13.1 Å². The van der Waals surface area contributed by atoms with Gasteiger partial charge in [0.1, 0.15) is 6.04 Å². The van der Waals surface area contributed by atoms with Gasteiger partial charge in [0.05, 0.1) is 0 Å². The first-order chi connectivity index (χ1) is 11.6. The summed E-state index contributed by atoms with van der Waals surface area (Å²) in [6.45, 7) is 4.07. The van der Waals surface area contributed by atoms with E-state index in [0.717, 1.165) is 16.8 Å². The maximum absolute atomic E-state index is 12.3. The second kappa shape index (κ2) is 6.99. The first-order valence-electron chi connectivity index (χ1n) is 7.67. The standard InChI is InChI=1S/C17H18N6O/c1-12-8-9-14(10-18-12)11-19-17(24)13(2)23-21-16(20-22-23)15-6-4-3-5-7-15/h3-10,13H,11H2,1-2H3,(H,19,24). The van der Waals surface area contributed by atoms with Crippen molar-refractivity contribution in [3.8, 4) is 11.4 Å². The van der Waals surface area contributed by atoms with Crippen molar-refractivity contribution in [3.05, 3.63) is 59.9 Å². The first-order valence-corrected chi connectivity index (χ1v) is 7.67. The molecule has 3 aromatic rings. The fourth-order valence-corrected chi connectivity index (χ4v) is 2.14. The summed E-state index contributed by atoms with van der Waals surface area (Å²) in [6.07, 6.45) is 1.75. The Morgan fingerprint density at radius 1 is 1.21 bits per heavy atom. The summed E-state index contributed by atoms with van der Waals surface area (Å²) in [4.78, 5) is 17.8. The van der Waals surface area contributed by atoms with Crippen LogP contribution in [0.25, 0.3) is 11.4 Å². The molecule has 2 heterocycles. The van der Waals surface area contributed by atoms with Crippen LogP contribution in [0.15, 0.2) is 48.7 Å². The molecule has 1 unspecified atom stereocenters. The minimum absolute atomic E-state index is 0.174. The average molecular weight is 322 g/mol. The number of hydrogen-bond acceptors (Lipinski definition) is 5. The molecule has 0 fully saturated rings. The van der Waals surface area contributed by atoms with Gasteiger partial charge in [0.2, 0.25) is 11.7 Å². The Labute approximate surface area is 139 Å².